The summed E-state index contributed by atoms with van der Waals surface area (Å²) in [6.07, 6.45) is 0.313. The summed E-state index contributed by atoms with van der Waals surface area (Å²) in [5.41, 5.74) is 0.729. The molecular formula is C11H13BrClNO2. The number of benzene rings is 1. The minimum Gasteiger partial charge on any atom is -0.495 e. The molecule has 1 rings (SSSR count). The highest BCUT2D eigenvalue weighted by molar-refractivity contribution is 9.10. The fourth-order valence-corrected chi connectivity index (χ4v) is 1.82. The molecule has 1 amide bonds. The number of anilines is 1. The summed E-state index contributed by atoms with van der Waals surface area (Å²) in [6, 6.07) is 5.51. The van der Waals surface area contributed by atoms with Crippen molar-refractivity contribution in [3.05, 3.63) is 22.7 Å². The van der Waals surface area contributed by atoms with E-state index in [1.165, 1.54) is 0 Å². The van der Waals surface area contributed by atoms with Crippen molar-refractivity contribution in [2.24, 2.45) is 0 Å². The van der Waals surface area contributed by atoms with Gasteiger partial charge in [0, 0.05) is 23.8 Å². The van der Waals surface area contributed by atoms with Crippen LogP contribution in [-0.4, -0.2) is 25.9 Å². The van der Waals surface area contributed by atoms with Gasteiger partial charge in [-0.15, -0.1) is 11.6 Å². The summed E-state index contributed by atoms with van der Waals surface area (Å²) in [5.74, 6) is 0.944. The third-order valence-corrected chi connectivity index (χ3v) is 2.87. The van der Waals surface area contributed by atoms with E-state index in [-0.39, 0.29) is 5.91 Å². The molecule has 0 aromatic heterocycles. The maximum absolute atomic E-state index is 11.7. The average molecular weight is 307 g/mol. The minimum absolute atomic E-state index is 0.0357. The largest absolute Gasteiger partial charge is 0.495 e. The van der Waals surface area contributed by atoms with Gasteiger partial charge in [-0.25, -0.2) is 0 Å². The van der Waals surface area contributed by atoms with E-state index in [1.807, 2.05) is 18.2 Å². The number of rotatable bonds is 4. The highest BCUT2D eigenvalue weighted by Gasteiger charge is 2.14. The first-order chi connectivity index (χ1) is 7.60. The molecule has 1 aromatic carbocycles. The maximum Gasteiger partial charge on any atom is 0.228 e. The summed E-state index contributed by atoms with van der Waals surface area (Å²) in [4.78, 5) is 13.2. The zero-order chi connectivity index (χ0) is 12.1. The van der Waals surface area contributed by atoms with E-state index in [9.17, 15) is 4.79 Å². The van der Waals surface area contributed by atoms with Gasteiger partial charge >= 0.3 is 0 Å². The summed E-state index contributed by atoms with van der Waals surface area (Å²) in [6.45, 7) is 0. The quantitative estimate of drug-likeness (QED) is 0.800. The van der Waals surface area contributed by atoms with Gasteiger partial charge in [0.25, 0.3) is 0 Å². The van der Waals surface area contributed by atoms with Crippen LogP contribution in [0.5, 0.6) is 5.75 Å². The van der Waals surface area contributed by atoms with Crippen molar-refractivity contribution in [3.63, 3.8) is 0 Å². The van der Waals surface area contributed by atoms with Crippen LogP contribution in [0.4, 0.5) is 5.69 Å². The van der Waals surface area contributed by atoms with Gasteiger partial charge in [-0.05, 0) is 18.2 Å². The van der Waals surface area contributed by atoms with Crippen molar-refractivity contribution >= 4 is 39.1 Å². The van der Waals surface area contributed by atoms with Gasteiger partial charge in [-0.3, -0.25) is 4.79 Å². The fourth-order valence-electron chi connectivity index (χ4n) is 1.31. The summed E-state index contributed by atoms with van der Waals surface area (Å²) >= 11 is 8.91. The topological polar surface area (TPSA) is 29.5 Å². The van der Waals surface area contributed by atoms with Crippen molar-refractivity contribution < 1.29 is 9.53 Å². The summed E-state index contributed by atoms with van der Waals surface area (Å²) in [5, 5.41) is 0. The van der Waals surface area contributed by atoms with E-state index in [1.54, 1.807) is 19.1 Å². The first-order valence-electron chi connectivity index (χ1n) is 4.76. The first-order valence-corrected chi connectivity index (χ1v) is 6.09. The Morgan fingerprint density at radius 1 is 1.56 bits per heavy atom. The smallest absolute Gasteiger partial charge is 0.228 e. The zero-order valence-electron chi connectivity index (χ0n) is 9.17. The molecule has 0 heterocycles. The van der Waals surface area contributed by atoms with E-state index in [0.29, 0.717) is 18.1 Å². The lowest BCUT2D eigenvalue weighted by atomic mass is 10.2. The van der Waals surface area contributed by atoms with Crippen LogP contribution in [0.25, 0.3) is 0 Å². The molecule has 0 aliphatic carbocycles. The van der Waals surface area contributed by atoms with E-state index in [0.717, 1.165) is 10.2 Å². The van der Waals surface area contributed by atoms with E-state index >= 15 is 0 Å². The third kappa shape index (κ3) is 3.12. The minimum atomic E-state index is -0.0357. The van der Waals surface area contributed by atoms with Crippen LogP contribution in [0.15, 0.2) is 22.7 Å². The number of alkyl halides is 1. The number of methoxy groups -OCH3 is 1. The lowest BCUT2D eigenvalue weighted by Gasteiger charge is -2.19. The summed E-state index contributed by atoms with van der Waals surface area (Å²) < 4.78 is 6.10. The molecular weight excluding hydrogens is 293 g/mol. The molecule has 0 radical (unpaired) electrons. The van der Waals surface area contributed by atoms with E-state index in [4.69, 9.17) is 16.3 Å². The molecule has 88 valence electrons. The highest BCUT2D eigenvalue weighted by atomic mass is 79.9. The number of hydrogen-bond acceptors (Lipinski definition) is 2. The second-order valence-electron chi connectivity index (χ2n) is 3.21. The molecule has 0 aliphatic heterocycles. The normalized spacial score (nSPS) is 10.0. The van der Waals surface area contributed by atoms with Gasteiger partial charge in [0.2, 0.25) is 5.91 Å². The molecule has 16 heavy (non-hydrogen) atoms. The van der Waals surface area contributed by atoms with Crippen LogP contribution in [0.1, 0.15) is 6.42 Å². The Bertz CT molecular complexity index is 384. The molecule has 0 bridgehead atoms. The number of nitrogens with zero attached hydrogens (tertiary/aromatic N) is 1. The number of ether oxygens (including phenoxy) is 1. The lowest BCUT2D eigenvalue weighted by molar-refractivity contribution is -0.117. The number of halogens is 2. The number of carbonyl (C=O) groups excluding carboxylic acids is 1. The molecule has 0 spiro atoms. The molecule has 0 aliphatic rings. The Morgan fingerprint density at radius 2 is 2.25 bits per heavy atom. The van der Waals surface area contributed by atoms with E-state index < -0.39 is 0 Å². The standard InChI is InChI=1S/C11H13BrClNO2/c1-14(11(15)5-6-13)9-7-8(12)3-4-10(9)16-2/h3-4,7H,5-6H2,1-2H3. The van der Waals surface area contributed by atoms with Gasteiger partial charge < -0.3 is 9.64 Å². The predicted octanol–water partition coefficient (Wildman–Crippen LogP) is 3.05. The fraction of sp³-hybridized carbons (Fsp3) is 0.364. The van der Waals surface area contributed by atoms with Gasteiger partial charge in [0.15, 0.2) is 0 Å². The van der Waals surface area contributed by atoms with Gasteiger partial charge in [0.1, 0.15) is 5.75 Å². The van der Waals surface area contributed by atoms with Crippen molar-refractivity contribution in [2.75, 3.05) is 24.9 Å². The van der Waals surface area contributed by atoms with Crippen LogP contribution in [0.2, 0.25) is 0 Å². The third-order valence-electron chi connectivity index (χ3n) is 2.18. The van der Waals surface area contributed by atoms with Crippen LogP contribution in [0, 0.1) is 0 Å². The molecule has 0 atom stereocenters. The second kappa shape index (κ2) is 6.11. The molecule has 0 fully saturated rings. The Balaban J connectivity index is 3.01. The van der Waals surface area contributed by atoms with Crippen LogP contribution in [-0.2, 0) is 4.79 Å². The predicted molar refractivity (Wildman–Crippen MR) is 69.4 cm³/mol. The van der Waals surface area contributed by atoms with Gasteiger partial charge in [-0.1, -0.05) is 15.9 Å². The monoisotopic (exact) mass is 305 g/mol. The average Bonchev–Trinajstić information content (AvgIpc) is 2.28. The second-order valence-corrected chi connectivity index (χ2v) is 4.50. The molecule has 0 unspecified atom stereocenters. The summed E-state index contributed by atoms with van der Waals surface area (Å²) in [7, 11) is 3.28. The van der Waals surface area contributed by atoms with Crippen LogP contribution >= 0.6 is 27.5 Å². The molecule has 1 aromatic rings. The number of amides is 1. The SMILES string of the molecule is COc1ccc(Br)cc1N(C)C(=O)CCCl. The lowest BCUT2D eigenvalue weighted by Crippen LogP contribution is -2.26. The number of hydrogen-bond donors (Lipinski definition) is 0. The Labute approximate surface area is 108 Å². The van der Waals surface area contributed by atoms with Gasteiger partial charge in [-0.2, -0.15) is 0 Å². The zero-order valence-corrected chi connectivity index (χ0v) is 11.5. The molecule has 5 heteroatoms. The van der Waals surface area contributed by atoms with Crippen LogP contribution < -0.4 is 9.64 Å². The van der Waals surface area contributed by atoms with Crippen molar-refractivity contribution in [3.8, 4) is 5.75 Å². The highest BCUT2D eigenvalue weighted by Crippen LogP contribution is 2.30. The Hall–Kier alpha value is -0.740. The van der Waals surface area contributed by atoms with Crippen molar-refractivity contribution in [2.45, 2.75) is 6.42 Å². The number of carbonyl (C=O) groups is 1. The molecule has 0 saturated carbocycles. The molecule has 0 N–H and O–H groups in total. The van der Waals surface area contributed by atoms with Crippen LogP contribution in [0.3, 0.4) is 0 Å². The van der Waals surface area contributed by atoms with Gasteiger partial charge in [0.05, 0.1) is 12.8 Å². The Kier molecular flexibility index (Phi) is 5.09. The Morgan fingerprint density at radius 3 is 2.81 bits per heavy atom. The van der Waals surface area contributed by atoms with Crippen molar-refractivity contribution in [1.82, 2.24) is 0 Å². The molecule has 0 saturated heterocycles. The van der Waals surface area contributed by atoms with E-state index in [2.05, 4.69) is 15.9 Å². The maximum atomic E-state index is 11.7. The molecule has 3 nitrogen and oxygen atoms in total. The first kappa shape index (κ1) is 13.3. The van der Waals surface area contributed by atoms with Crippen molar-refractivity contribution in [1.29, 1.82) is 0 Å².